The molecular weight excluding hydrogens is 256 g/mol. The number of aliphatic hydroxyl groups is 1. The van der Waals surface area contributed by atoms with Crippen molar-refractivity contribution in [2.75, 3.05) is 33.3 Å². The Hall–Kier alpha value is -1.36. The van der Waals surface area contributed by atoms with Crippen LogP contribution in [0.5, 0.6) is 0 Å². The highest BCUT2D eigenvalue weighted by Crippen LogP contribution is 2.41. The average molecular weight is 280 g/mol. The van der Waals surface area contributed by atoms with Crippen LogP contribution in [0.3, 0.4) is 0 Å². The van der Waals surface area contributed by atoms with Gasteiger partial charge in [0.2, 0.25) is 11.8 Å². The van der Waals surface area contributed by atoms with Crippen LogP contribution < -0.4 is 0 Å². The number of nitrogens with zero attached hydrogens (tertiary/aromatic N) is 2. The fourth-order valence-electron chi connectivity index (χ4n) is 3.21. The van der Waals surface area contributed by atoms with Gasteiger partial charge in [0.05, 0.1) is 12.5 Å². The number of amides is 2. The summed E-state index contributed by atoms with van der Waals surface area (Å²) in [5.74, 6) is -0.204. The maximum atomic E-state index is 12.4. The molecule has 0 radical (unpaired) electrons. The Morgan fingerprint density at radius 3 is 2.80 bits per heavy atom. The van der Waals surface area contributed by atoms with Gasteiger partial charge in [-0.1, -0.05) is 12.5 Å². The minimum atomic E-state index is -0.247. The first-order valence-electron chi connectivity index (χ1n) is 7.26. The van der Waals surface area contributed by atoms with Crippen LogP contribution in [0.4, 0.5) is 0 Å². The molecule has 1 aliphatic heterocycles. The number of likely N-dealkylation sites (tertiary alicyclic amines) is 1. The Morgan fingerprint density at radius 1 is 1.60 bits per heavy atom. The lowest BCUT2D eigenvalue weighted by Crippen LogP contribution is -2.47. The number of carbonyl (C=O) groups excluding carboxylic acids is 2. The Morgan fingerprint density at radius 2 is 2.30 bits per heavy atom. The van der Waals surface area contributed by atoms with E-state index in [9.17, 15) is 14.7 Å². The van der Waals surface area contributed by atoms with E-state index >= 15 is 0 Å². The molecule has 2 aliphatic rings. The summed E-state index contributed by atoms with van der Waals surface area (Å²) in [6, 6.07) is 0. The summed E-state index contributed by atoms with van der Waals surface area (Å²) in [6.07, 6.45) is 5.06. The molecule has 2 rings (SSSR count). The zero-order valence-corrected chi connectivity index (χ0v) is 12.2. The Kier molecular flexibility index (Phi) is 4.48. The zero-order valence-electron chi connectivity index (χ0n) is 12.2. The Bertz CT molecular complexity index is 398. The molecule has 20 heavy (non-hydrogen) atoms. The lowest BCUT2D eigenvalue weighted by Gasteiger charge is -2.43. The molecule has 1 heterocycles. The minimum Gasteiger partial charge on any atom is -0.396 e. The summed E-state index contributed by atoms with van der Waals surface area (Å²) in [7, 11) is 1.78. The summed E-state index contributed by atoms with van der Waals surface area (Å²) < 4.78 is 0. The first-order valence-corrected chi connectivity index (χ1v) is 7.26. The maximum absolute atomic E-state index is 12.4. The van der Waals surface area contributed by atoms with Crippen LogP contribution in [-0.2, 0) is 9.59 Å². The summed E-state index contributed by atoms with van der Waals surface area (Å²) in [6.45, 7) is 5.35. The van der Waals surface area contributed by atoms with Crippen molar-refractivity contribution in [2.45, 2.75) is 25.7 Å². The molecule has 1 saturated heterocycles. The third-order valence-corrected chi connectivity index (χ3v) is 4.61. The third-order valence-electron chi connectivity index (χ3n) is 4.61. The fourth-order valence-corrected chi connectivity index (χ4v) is 3.21. The van der Waals surface area contributed by atoms with Gasteiger partial charge in [0.15, 0.2) is 0 Å². The number of rotatable bonds is 6. The van der Waals surface area contributed by atoms with E-state index in [-0.39, 0.29) is 29.8 Å². The SMILES string of the molecule is C=CCN1C[C@@H](C(=O)N(C)CC2(CO)CCC2)CC1=O. The fraction of sp³-hybridized carbons (Fsp3) is 0.733. The predicted molar refractivity (Wildman–Crippen MR) is 75.9 cm³/mol. The summed E-state index contributed by atoms with van der Waals surface area (Å²) in [5.41, 5.74) is -0.103. The van der Waals surface area contributed by atoms with Gasteiger partial charge in [-0.25, -0.2) is 0 Å². The van der Waals surface area contributed by atoms with E-state index in [0.29, 0.717) is 26.1 Å². The van der Waals surface area contributed by atoms with Crippen molar-refractivity contribution in [3.8, 4) is 0 Å². The van der Waals surface area contributed by atoms with Crippen molar-refractivity contribution in [1.29, 1.82) is 0 Å². The van der Waals surface area contributed by atoms with Crippen LogP contribution in [0.25, 0.3) is 0 Å². The van der Waals surface area contributed by atoms with Crippen molar-refractivity contribution in [2.24, 2.45) is 11.3 Å². The molecule has 1 aliphatic carbocycles. The van der Waals surface area contributed by atoms with E-state index in [4.69, 9.17) is 0 Å². The highest BCUT2D eigenvalue weighted by molar-refractivity contribution is 5.89. The van der Waals surface area contributed by atoms with Gasteiger partial charge in [-0.2, -0.15) is 0 Å². The van der Waals surface area contributed by atoms with Crippen molar-refractivity contribution in [3.63, 3.8) is 0 Å². The summed E-state index contributed by atoms with van der Waals surface area (Å²) >= 11 is 0. The van der Waals surface area contributed by atoms with Crippen molar-refractivity contribution >= 4 is 11.8 Å². The first kappa shape index (κ1) is 15.0. The van der Waals surface area contributed by atoms with E-state index in [1.807, 2.05) is 0 Å². The molecule has 1 saturated carbocycles. The first-order chi connectivity index (χ1) is 9.51. The second-order valence-corrected chi connectivity index (χ2v) is 6.19. The molecule has 0 aromatic heterocycles. The average Bonchev–Trinajstić information content (AvgIpc) is 2.75. The summed E-state index contributed by atoms with van der Waals surface area (Å²) in [4.78, 5) is 27.6. The molecule has 0 bridgehead atoms. The number of carbonyl (C=O) groups is 2. The van der Waals surface area contributed by atoms with Crippen LogP contribution in [0, 0.1) is 11.3 Å². The number of hydrogen-bond donors (Lipinski definition) is 1. The van der Waals surface area contributed by atoms with Gasteiger partial charge in [0.1, 0.15) is 0 Å². The smallest absolute Gasteiger partial charge is 0.227 e. The molecule has 1 N–H and O–H groups in total. The van der Waals surface area contributed by atoms with Crippen molar-refractivity contribution in [1.82, 2.24) is 9.80 Å². The van der Waals surface area contributed by atoms with Crippen LogP contribution in [0.2, 0.25) is 0 Å². The van der Waals surface area contributed by atoms with Crippen molar-refractivity contribution in [3.05, 3.63) is 12.7 Å². The van der Waals surface area contributed by atoms with Gasteiger partial charge in [-0.05, 0) is 12.8 Å². The molecule has 0 aromatic carbocycles. The highest BCUT2D eigenvalue weighted by Gasteiger charge is 2.41. The highest BCUT2D eigenvalue weighted by atomic mass is 16.3. The Balaban J connectivity index is 1.91. The van der Waals surface area contributed by atoms with Crippen LogP contribution in [-0.4, -0.2) is 60.0 Å². The molecule has 5 nitrogen and oxygen atoms in total. The molecule has 2 fully saturated rings. The van der Waals surface area contributed by atoms with E-state index in [1.54, 1.807) is 22.9 Å². The Labute approximate surface area is 120 Å². The van der Waals surface area contributed by atoms with E-state index in [2.05, 4.69) is 6.58 Å². The van der Waals surface area contributed by atoms with Gasteiger partial charge < -0.3 is 14.9 Å². The van der Waals surface area contributed by atoms with Gasteiger partial charge in [-0.15, -0.1) is 6.58 Å². The monoisotopic (exact) mass is 280 g/mol. The lowest BCUT2D eigenvalue weighted by molar-refractivity contribution is -0.137. The minimum absolute atomic E-state index is 0.0182. The van der Waals surface area contributed by atoms with Crippen LogP contribution in [0.1, 0.15) is 25.7 Å². The molecule has 0 unspecified atom stereocenters. The van der Waals surface area contributed by atoms with Crippen LogP contribution in [0.15, 0.2) is 12.7 Å². The van der Waals surface area contributed by atoms with Gasteiger partial charge in [0, 0.05) is 38.5 Å². The molecule has 0 aromatic rings. The zero-order chi connectivity index (χ0) is 14.8. The normalized spacial score (nSPS) is 24.4. The topological polar surface area (TPSA) is 60.9 Å². The number of aliphatic hydroxyl groups excluding tert-OH is 1. The van der Waals surface area contributed by atoms with Gasteiger partial charge >= 0.3 is 0 Å². The molecule has 1 atom stereocenters. The number of hydrogen-bond acceptors (Lipinski definition) is 3. The van der Waals surface area contributed by atoms with E-state index in [0.717, 1.165) is 19.3 Å². The van der Waals surface area contributed by atoms with Crippen LogP contribution >= 0.6 is 0 Å². The second-order valence-electron chi connectivity index (χ2n) is 6.19. The van der Waals surface area contributed by atoms with Gasteiger partial charge in [-0.3, -0.25) is 9.59 Å². The molecular formula is C15H24N2O3. The van der Waals surface area contributed by atoms with Gasteiger partial charge in [0.25, 0.3) is 0 Å². The lowest BCUT2D eigenvalue weighted by atomic mass is 9.69. The second kappa shape index (κ2) is 5.95. The molecule has 0 spiro atoms. The quantitative estimate of drug-likeness (QED) is 0.726. The van der Waals surface area contributed by atoms with E-state index < -0.39 is 0 Å². The van der Waals surface area contributed by atoms with Crippen molar-refractivity contribution < 1.29 is 14.7 Å². The predicted octanol–water partition coefficient (Wildman–Crippen LogP) is 0.642. The molecule has 112 valence electrons. The summed E-state index contributed by atoms with van der Waals surface area (Å²) in [5, 5.41) is 9.48. The molecule has 5 heteroatoms. The maximum Gasteiger partial charge on any atom is 0.227 e. The standard InChI is InChI=1S/C15H24N2O3/c1-3-7-17-9-12(8-13(17)19)14(20)16(2)10-15(11-18)5-4-6-15/h3,12,18H,1,4-11H2,2H3/t12-/m0/s1. The third kappa shape index (κ3) is 2.87. The van der Waals surface area contributed by atoms with E-state index in [1.165, 1.54) is 0 Å². The largest absolute Gasteiger partial charge is 0.396 e. The molecule has 2 amide bonds.